The molecule has 168 valence electrons. The largest absolute Gasteiger partial charge is 0.492 e. The zero-order chi connectivity index (χ0) is 23.5. The van der Waals surface area contributed by atoms with Gasteiger partial charge in [-0.3, -0.25) is 4.98 Å². The highest BCUT2D eigenvalue weighted by molar-refractivity contribution is 5.48. The Morgan fingerprint density at radius 3 is 2.15 bits per heavy atom. The van der Waals surface area contributed by atoms with Gasteiger partial charge in [-0.1, -0.05) is 60.4 Å². The molecule has 1 heterocycles. The van der Waals surface area contributed by atoms with Gasteiger partial charge in [0.15, 0.2) is 5.60 Å². The van der Waals surface area contributed by atoms with Crippen molar-refractivity contribution in [1.82, 2.24) is 9.97 Å². The highest BCUT2D eigenvalue weighted by Crippen LogP contribution is 2.37. The maximum absolute atomic E-state index is 12.1. The summed E-state index contributed by atoms with van der Waals surface area (Å²) >= 11 is 0. The summed E-state index contributed by atoms with van der Waals surface area (Å²) in [6.45, 7) is 4.86. The maximum Gasteiger partial charge on any atom is 0.229 e. The summed E-state index contributed by atoms with van der Waals surface area (Å²) in [6.07, 6.45) is 2.59. The van der Waals surface area contributed by atoms with Crippen molar-refractivity contribution in [1.29, 1.82) is 0 Å². The number of aromatic nitrogens is 2. The van der Waals surface area contributed by atoms with Gasteiger partial charge in [0.05, 0.1) is 31.3 Å². The fourth-order valence-corrected chi connectivity index (χ4v) is 3.37. The zero-order valence-corrected chi connectivity index (χ0v) is 18.7. The van der Waals surface area contributed by atoms with Crippen molar-refractivity contribution in [2.75, 3.05) is 13.2 Å². The molecule has 33 heavy (non-hydrogen) atoms. The summed E-state index contributed by atoms with van der Waals surface area (Å²) < 4.78 is 11.2. The van der Waals surface area contributed by atoms with Crippen LogP contribution in [0.1, 0.15) is 41.8 Å². The van der Waals surface area contributed by atoms with E-state index in [0.717, 1.165) is 11.1 Å². The first-order valence-corrected chi connectivity index (χ1v) is 10.5. The van der Waals surface area contributed by atoms with Crippen LogP contribution in [0.25, 0.3) is 0 Å². The van der Waals surface area contributed by atoms with Gasteiger partial charge in [-0.05, 0) is 36.1 Å². The Labute approximate surface area is 194 Å². The molecule has 0 saturated heterocycles. The van der Waals surface area contributed by atoms with E-state index in [0.29, 0.717) is 30.9 Å². The van der Waals surface area contributed by atoms with E-state index in [2.05, 4.69) is 33.6 Å². The van der Waals surface area contributed by atoms with Crippen molar-refractivity contribution in [2.24, 2.45) is 0 Å². The van der Waals surface area contributed by atoms with Crippen LogP contribution in [0.3, 0.4) is 0 Å². The third kappa shape index (κ3) is 5.97. The molecule has 0 fully saturated rings. The number of hydrogen-bond acceptors (Lipinski definition) is 6. The van der Waals surface area contributed by atoms with Crippen LogP contribution < -0.4 is 0 Å². The standard InChI is InChI=1S/C27H26N2O4/c1-3-5-15-32-19-21-11-13-23(14-12-21)27(31,25-17-29-26(30)18-28-25)24-10-8-7-9-22(24)20-33-16-6-4-2/h7-14,17-18,31H,15-16,19-20H2,1-2H3,(H,29,30). The molecule has 0 saturated carbocycles. The first kappa shape index (κ1) is 24.0. The van der Waals surface area contributed by atoms with Crippen LogP contribution in [-0.2, 0) is 28.3 Å². The first-order valence-electron chi connectivity index (χ1n) is 10.5. The quantitative estimate of drug-likeness (QED) is 0.390. The van der Waals surface area contributed by atoms with Crippen LogP contribution in [0.4, 0.5) is 0 Å². The number of rotatable bonds is 9. The summed E-state index contributed by atoms with van der Waals surface area (Å²) in [4.78, 5) is 8.22. The van der Waals surface area contributed by atoms with Crippen molar-refractivity contribution in [2.45, 2.75) is 32.7 Å². The summed E-state index contributed by atoms with van der Waals surface area (Å²) in [5.41, 5.74) is 1.61. The molecule has 1 aromatic heterocycles. The lowest BCUT2D eigenvalue weighted by Crippen LogP contribution is -2.31. The predicted octanol–water partition coefficient (Wildman–Crippen LogP) is 3.55. The molecule has 1 atom stereocenters. The van der Waals surface area contributed by atoms with E-state index < -0.39 is 5.60 Å². The Balaban J connectivity index is 2.01. The lowest BCUT2D eigenvalue weighted by Gasteiger charge is -2.30. The SMILES string of the molecule is CC#CCOCc1ccc(C(O)(c2cnc(O)cn2)c2ccccc2COCC#CC)cc1. The molecule has 0 aliphatic heterocycles. The maximum atomic E-state index is 12.1. The van der Waals surface area contributed by atoms with Gasteiger partial charge in [0, 0.05) is 0 Å². The van der Waals surface area contributed by atoms with Gasteiger partial charge < -0.3 is 19.7 Å². The molecule has 6 nitrogen and oxygen atoms in total. The summed E-state index contributed by atoms with van der Waals surface area (Å²) in [5.74, 6) is 11.1. The molecule has 2 aromatic carbocycles. The minimum Gasteiger partial charge on any atom is -0.492 e. The van der Waals surface area contributed by atoms with E-state index >= 15 is 0 Å². The molecular formula is C27H26N2O4. The Hall–Kier alpha value is -3.68. The van der Waals surface area contributed by atoms with Crippen LogP contribution >= 0.6 is 0 Å². The van der Waals surface area contributed by atoms with Gasteiger partial charge in [-0.15, -0.1) is 11.8 Å². The van der Waals surface area contributed by atoms with Crippen molar-refractivity contribution in [3.63, 3.8) is 0 Å². The molecule has 1 unspecified atom stereocenters. The topological polar surface area (TPSA) is 84.7 Å². The number of ether oxygens (including phenoxy) is 2. The van der Waals surface area contributed by atoms with Crippen molar-refractivity contribution in [3.8, 4) is 29.6 Å². The molecule has 3 rings (SSSR count). The van der Waals surface area contributed by atoms with E-state index in [9.17, 15) is 10.2 Å². The molecule has 3 aromatic rings. The molecule has 2 N–H and O–H groups in total. The van der Waals surface area contributed by atoms with Crippen LogP contribution in [0.2, 0.25) is 0 Å². The number of nitrogens with zero attached hydrogens (tertiary/aromatic N) is 2. The fraction of sp³-hybridized carbons (Fsp3) is 0.259. The van der Waals surface area contributed by atoms with E-state index in [-0.39, 0.29) is 18.2 Å². The van der Waals surface area contributed by atoms with E-state index in [4.69, 9.17) is 9.47 Å². The van der Waals surface area contributed by atoms with Gasteiger partial charge >= 0.3 is 0 Å². The van der Waals surface area contributed by atoms with Crippen molar-refractivity contribution in [3.05, 3.63) is 88.9 Å². The molecule has 0 amide bonds. The third-order valence-corrected chi connectivity index (χ3v) is 5.02. The average molecular weight is 443 g/mol. The van der Waals surface area contributed by atoms with Gasteiger partial charge in [-0.2, -0.15) is 0 Å². The van der Waals surface area contributed by atoms with Crippen molar-refractivity contribution < 1.29 is 19.7 Å². The fourth-order valence-electron chi connectivity index (χ4n) is 3.37. The first-order chi connectivity index (χ1) is 16.1. The predicted molar refractivity (Wildman–Crippen MR) is 125 cm³/mol. The van der Waals surface area contributed by atoms with Crippen molar-refractivity contribution >= 4 is 0 Å². The summed E-state index contributed by atoms with van der Waals surface area (Å²) in [7, 11) is 0. The normalized spacial score (nSPS) is 12.1. The number of hydrogen-bond donors (Lipinski definition) is 2. The van der Waals surface area contributed by atoms with E-state index in [1.165, 1.54) is 12.4 Å². The smallest absolute Gasteiger partial charge is 0.229 e. The van der Waals surface area contributed by atoms with Gasteiger partial charge in [-0.25, -0.2) is 4.98 Å². The highest BCUT2D eigenvalue weighted by atomic mass is 16.5. The van der Waals surface area contributed by atoms with Crippen LogP contribution in [0, 0.1) is 23.7 Å². The minimum absolute atomic E-state index is 0.224. The number of aliphatic hydroxyl groups is 1. The highest BCUT2D eigenvalue weighted by Gasteiger charge is 2.37. The Kier molecular flexibility index (Phi) is 8.57. The second-order valence-corrected chi connectivity index (χ2v) is 7.16. The second kappa shape index (κ2) is 11.8. The van der Waals surface area contributed by atoms with Gasteiger partial charge in [0.2, 0.25) is 5.88 Å². The number of benzene rings is 2. The van der Waals surface area contributed by atoms with E-state index in [1.54, 1.807) is 13.8 Å². The molecule has 0 bridgehead atoms. The molecule has 0 spiro atoms. The third-order valence-electron chi connectivity index (χ3n) is 5.02. The average Bonchev–Trinajstić information content (AvgIpc) is 2.85. The molecule has 0 aliphatic carbocycles. The summed E-state index contributed by atoms with van der Waals surface area (Å²) in [6, 6.07) is 14.9. The Morgan fingerprint density at radius 2 is 1.52 bits per heavy atom. The number of aromatic hydroxyl groups is 1. The summed E-state index contributed by atoms with van der Waals surface area (Å²) in [5, 5.41) is 21.7. The van der Waals surface area contributed by atoms with Crippen LogP contribution in [0.15, 0.2) is 60.9 Å². The lowest BCUT2D eigenvalue weighted by atomic mass is 9.81. The van der Waals surface area contributed by atoms with Gasteiger partial charge in [0.1, 0.15) is 13.2 Å². The monoisotopic (exact) mass is 442 g/mol. The molecular weight excluding hydrogens is 416 g/mol. The van der Waals surface area contributed by atoms with E-state index in [1.807, 2.05) is 48.5 Å². The Bertz CT molecular complexity index is 1170. The van der Waals surface area contributed by atoms with Crippen LogP contribution in [-0.4, -0.2) is 33.4 Å². The molecule has 0 aliphatic rings. The second-order valence-electron chi connectivity index (χ2n) is 7.16. The lowest BCUT2D eigenvalue weighted by molar-refractivity contribution is 0.111. The molecule has 0 radical (unpaired) electrons. The van der Waals surface area contributed by atoms with Gasteiger partial charge in [0.25, 0.3) is 0 Å². The molecule has 6 heteroatoms. The minimum atomic E-state index is -1.62. The Morgan fingerprint density at radius 1 is 0.848 bits per heavy atom. The van der Waals surface area contributed by atoms with Crippen LogP contribution in [0.5, 0.6) is 5.88 Å². The zero-order valence-electron chi connectivity index (χ0n) is 18.7.